The summed E-state index contributed by atoms with van der Waals surface area (Å²) in [7, 11) is 3.19. The van der Waals surface area contributed by atoms with Gasteiger partial charge in [-0.2, -0.15) is 0 Å². The van der Waals surface area contributed by atoms with Crippen LogP contribution in [0, 0.1) is 5.92 Å². The number of ether oxygens (including phenoxy) is 2. The molecule has 0 bridgehead atoms. The van der Waals surface area contributed by atoms with E-state index in [2.05, 4.69) is 34.4 Å². The Hall–Kier alpha value is -3.61. The van der Waals surface area contributed by atoms with Crippen LogP contribution in [0.2, 0.25) is 0 Å². The molecule has 168 valence electrons. The highest BCUT2D eigenvalue weighted by Gasteiger charge is 2.11. The highest BCUT2D eigenvalue weighted by molar-refractivity contribution is 5.93. The van der Waals surface area contributed by atoms with E-state index in [1.165, 1.54) is 6.33 Å². The molecule has 0 aliphatic rings. The van der Waals surface area contributed by atoms with E-state index in [1.807, 2.05) is 43.3 Å². The van der Waals surface area contributed by atoms with Crippen molar-refractivity contribution in [2.75, 3.05) is 19.5 Å². The Morgan fingerprint density at radius 1 is 1.03 bits per heavy atom. The maximum atomic E-state index is 12.1. The van der Waals surface area contributed by atoms with Crippen molar-refractivity contribution in [3.63, 3.8) is 0 Å². The molecular formula is C25H30N4O3. The minimum absolute atomic E-state index is 0.0859. The third-order valence-electron chi connectivity index (χ3n) is 4.95. The summed E-state index contributed by atoms with van der Waals surface area (Å²) in [6.07, 6.45) is 5.83. The van der Waals surface area contributed by atoms with Crippen LogP contribution in [0.25, 0.3) is 17.0 Å². The second-order valence-electron chi connectivity index (χ2n) is 8.07. The molecule has 1 atom stereocenters. The van der Waals surface area contributed by atoms with E-state index >= 15 is 0 Å². The van der Waals surface area contributed by atoms with Gasteiger partial charge in [-0.05, 0) is 49.1 Å². The Bertz CT molecular complexity index is 1090. The molecule has 0 saturated heterocycles. The molecule has 1 aromatic heterocycles. The fraction of sp³-hybridized carbons (Fsp3) is 0.320. The molecule has 0 fully saturated rings. The van der Waals surface area contributed by atoms with Gasteiger partial charge in [0.05, 0.1) is 19.7 Å². The first-order valence-electron chi connectivity index (χ1n) is 10.6. The summed E-state index contributed by atoms with van der Waals surface area (Å²) in [5.41, 5.74) is 2.55. The summed E-state index contributed by atoms with van der Waals surface area (Å²) < 4.78 is 10.8. The van der Waals surface area contributed by atoms with E-state index in [1.54, 1.807) is 26.4 Å². The van der Waals surface area contributed by atoms with E-state index in [0.717, 1.165) is 28.6 Å². The smallest absolute Gasteiger partial charge is 0.244 e. The number of fused-ring (bicyclic) bond motifs is 1. The minimum atomic E-state index is -0.0859. The molecule has 7 heteroatoms. The zero-order valence-corrected chi connectivity index (χ0v) is 19.2. The highest BCUT2D eigenvalue weighted by Crippen LogP contribution is 2.34. The molecule has 0 saturated carbocycles. The topological polar surface area (TPSA) is 85.4 Å². The van der Waals surface area contributed by atoms with Gasteiger partial charge < -0.3 is 20.1 Å². The van der Waals surface area contributed by atoms with Crippen molar-refractivity contribution >= 4 is 34.4 Å². The number of hydrogen-bond donors (Lipinski definition) is 2. The lowest BCUT2D eigenvalue weighted by Gasteiger charge is -2.14. The van der Waals surface area contributed by atoms with Crippen LogP contribution in [-0.2, 0) is 4.79 Å². The number of methoxy groups -OCH3 is 2. The van der Waals surface area contributed by atoms with Crippen LogP contribution in [0.4, 0.5) is 11.5 Å². The molecule has 7 nitrogen and oxygen atoms in total. The predicted molar refractivity (Wildman–Crippen MR) is 128 cm³/mol. The zero-order valence-electron chi connectivity index (χ0n) is 19.2. The fourth-order valence-corrected chi connectivity index (χ4v) is 3.53. The van der Waals surface area contributed by atoms with Gasteiger partial charge in [-0.15, -0.1) is 0 Å². The van der Waals surface area contributed by atoms with Crippen molar-refractivity contribution in [3.8, 4) is 11.5 Å². The van der Waals surface area contributed by atoms with Gasteiger partial charge >= 0.3 is 0 Å². The maximum absolute atomic E-state index is 12.1. The number of anilines is 2. The second-order valence-corrected chi connectivity index (χ2v) is 8.07. The summed E-state index contributed by atoms with van der Waals surface area (Å²) in [5.74, 6) is 2.35. The number of rotatable bonds is 9. The SMILES string of the molecule is COc1cc2ncnc(Nc3ccc(C=CC(=O)NC(C)CC(C)C)cc3)c2cc1OC. The normalized spacial score (nSPS) is 12.2. The number of carbonyl (C=O) groups is 1. The number of nitrogens with one attached hydrogen (secondary N) is 2. The molecule has 1 unspecified atom stereocenters. The van der Waals surface area contributed by atoms with Crippen LogP contribution in [0.1, 0.15) is 32.8 Å². The summed E-state index contributed by atoms with van der Waals surface area (Å²) >= 11 is 0. The van der Waals surface area contributed by atoms with Crippen molar-refractivity contribution < 1.29 is 14.3 Å². The second kappa shape index (κ2) is 10.6. The molecule has 0 aliphatic carbocycles. The van der Waals surface area contributed by atoms with Crippen molar-refractivity contribution in [2.24, 2.45) is 5.92 Å². The molecular weight excluding hydrogens is 404 g/mol. The highest BCUT2D eigenvalue weighted by atomic mass is 16.5. The molecule has 1 amide bonds. The molecule has 2 aromatic carbocycles. The van der Waals surface area contributed by atoms with Crippen LogP contribution in [0.15, 0.2) is 48.8 Å². The number of nitrogens with zero attached hydrogens (tertiary/aromatic N) is 2. The van der Waals surface area contributed by atoms with Crippen LogP contribution < -0.4 is 20.1 Å². The van der Waals surface area contributed by atoms with Crippen LogP contribution in [0.5, 0.6) is 11.5 Å². The van der Waals surface area contributed by atoms with Gasteiger partial charge in [-0.25, -0.2) is 9.97 Å². The first-order chi connectivity index (χ1) is 15.4. The quantitative estimate of drug-likeness (QED) is 0.463. The Morgan fingerprint density at radius 2 is 1.72 bits per heavy atom. The Morgan fingerprint density at radius 3 is 2.38 bits per heavy atom. The lowest BCUT2D eigenvalue weighted by atomic mass is 10.1. The molecule has 0 radical (unpaired) electrons. The summed E-state index contributed by atoms with van der Waals surface area (Å²) in [5, 5.41) is 7.13. The van der Waals surface area contributed by atoms with Gasteiger partial charge in [0.2, 0.25) is 5.91 Å². The molecule has 2 N–H and O–H groups in total. The van der Waals surface area contributed by atoms with Gasteiger partial charge in [-0.3, -0.25) is 4.79 Å². The number of benzene rings is 2. The molecule has 32 heavy (non-hydrogen) atoms. The van der Waals surface area contributed by atoms with Gasteiger partial charge in [0.1, 0.15) is 12.1 Å². The number of hydrogen-bond acceptors (Lipinski definition) is 6. The lowest BCUT2D eigenvalue weighted by molar-refractivity contribution is -0.117. The average Bonchev–Trinajstić information content (AvgIpc) is 2.77. The minimum Gasteiger partial charge on any atom is -0.493 e. The van der Waals surface area contributed by atoms with E-state index in [-0.39, 0.29) is 11.9 Å². The van der Waals surface area contributed by atoms with E-state index in [4.69, 9.17) is 9.47 Å². The van der Waals surface area contributed by atoms with Gasteiger partial charge in [0.15, 0.2) is 11.5 Å². The van der Waals surface area contributed by atoms with Gasteiger partial charge in [-0.1, -0.05) is 26.0 Å². The molecule has 3 rings (SSSR count). The van der Waals surface area contributed by atoms with Crippen LogP contribution in [-0.4, -0.2) is 36.1 Å². The molecule has 0 aliphatic heterocycles. The number of amides is 1. The first kappa shape index (κ1) is 23.1. The molecule has 3 aromatic rings. The van der Waals surface area contributed by atoms with E-state index < -0.39 is 0 Å². The van der Waals surface area contributed by atoms with E-state index in [0.29, 0.717) is 23.2 Å². The monoisotopic (exact) mass is 434 g/mol. The van der Waals surface area contributed by atoms with Crippen molar-refractivity contribution in [3.05, 3.63) is 54.4 Å². The van der Waals surface area contributed by atoms with Crippen LogP contribution >= 0.6 is 0 Å². The zero-order chi connectivity index (χ0) is 23.1. The molecule has 1 heterocycles. The Labute approximate surface area is 188 Å². The first-order valence-corrected chi connectivity index (χ1v) is 10.6. The average molecular weight is 435 g/mol. The largest absolute Gasteiger partial charge is 0.493 e. The summed E-state index contributed by atoms with van der Waals surface area (Å²) in [6, 6.07) is 11.6. The summed E-state index contributed by atoms with van der Waals surface area (Å²) in [4.78, 5) is 20.8. The van der Waals surface area contributed by atoms with Crippen molar-refractivity contribution in [1.82, 2.24) is 15.3 Å². The van der Waals surface area contributed by atoms with E-state index in [9.17, 15) is 4.79 Å². The maximum Gasteiger partial charge on any atom is 0.244 e. The predicted octanol–water partition coefficient (Wildman–Crippen LogP) is 4.95. The van der Waals surface area contributed by atoms with Crippen LogP contribution in [0.3, 0.4) is 0 Å². The number of aromatic nitrogens is 2. The number of carbonyl (C=O) groups excluding carboxylic acids is 1. The summed E-state index contributed by atoms with van der Waals surface area (Å²) in [6.45, 7) is 6.31. The fourth-order valence-electron chi connectivity index (χ4n) is 3.53. The van der Waals surface area contributed by atoms with Crippen molar-refractivity contribution in [2.45, 2.75) is 33.2 Å². The standard InChI is InChI=1S/C25H30N4O3/c1-16(2)12-17(3)28-24(30)11-8-18-6-9-19(10-7-18)29-25-20-13-22(31-4)23(32-5)14-21(20)26-15-27-25/h6-11,13-17H,12H2,1-5H3,(H,28,30)(H,26,27,29). The van der Waals surface area contributed by atoms with Gasteiger partial charge in [0.25, 0.3) is 0 Å². The Kier molecular flexibility index (Phi) is 7.65. The molecule has 0 spiro atoms. The Balaban J connectivity index is 1.71. The third kappa shape index (κ3) is 5.97. The third-order valence-corrected chi connectivity index (χ3v) is 4.95. The van der Waals surface area contributed by atoms with Crippen molar-refractivity contribution in [1.29, 1.82) is 0 Å². The lowest BCUT2D eigenvalue weighted by Crippen LogP contribution is -2.32. The van der Waals surface area contributed by atoms with Gasteiger partial charge in [0, 0.05) is 29.3 Å².